The first-order chi connectivity index (χ1) is 24.3. The molecule has 10 nitrogen and oxygen atoms in total. The molecule has 2 aromatic carbocycles. The van der Waals surface area contributed by atoms with Crippen molar-refractivity contribution >= 4 is 0 Å². The van der Waals surface area contributed by atoms with Gasteiger partial charge >= 0.3 is 0 Å². The minimum Gasteiger partial charge on any atom is -0.497 e. The molecule has 4 heterocycles. The van der Waals surface area contributed by atoms with E-state index in [0.717, 1.165) is 39.2 Å². The molecule has 248 valence electrons. The molecule has 1 N–H and O–H groups in total. The molecule has 0 fully saturated rings. The Kier molecular flexibility index (Phi) is 11.1. The van der Waals surface area contributed by atoms with E-state index in [0.29, 0.717) is 50.9 Å². The van der Waals surface area contributed by atoms with Crippen LogP contribution in [0.4, 0.5) is 0 Å². The minimum atomic E-state index is -0.171. The maximum atomic E-state index is 9.74. The third kappa shape index (κ3) is 7.42. The fourth-order valence-corrected chi connectivity index (χ4v) is 5.39. The maximum Gasteiger partial charge on any atom is 0.131 e. The number of aliphatic hydroxyl groups is 1. The molecule has 6 aromatic rings. The summed E-state index contributed by atoms with van der Waals surface area (Å²) in [7, 11) is 4.75. The van der Waals surface area contributed by atoms with Crippen LogP contribution in [-0.4, -0.2) is 46.4 Å². The summed E-state index contributed by atoms with van der Waals surface area (Å²) < 4.78 is 15.9. The zero-order chi connectivity index (χ0) is 35.6. The van der Waals surface area contributed by atoms with Crippen molar-refractivity contribution in [3.05, 3.63) is 125 Å². The monoisotopic (exact) mass is 662 g/mol. The Bertz CT molecular complexity index is 2050. The van der Waals surface area contributed by atoms with Gasteiger partial charge in [0.25, 0.3) is 0 Å². The van der Waals surface area contributed by atoms with E-state index in [-0.39, 0.29) is 6.61 Å². The summed E-state index contributed by atoms with van der Waals surface area (Å²) >= 11 is 0. The van der Waals surface area contributed by atoms with Gasteiger partial charge in [0.15, 0.2) is 0 Å². The molecule has 0 aliphatic rings. The average molecular weight is 663 g/mol. The third-order valence-corrected chi connectivity index (χ3v) is 7.97. The predicted molar refractivity (Wildman–Crippen MR) is 190 cm³/mol. The smallest absolute Gasteiger partial charge is 0.131 e. The molecule has 0 aliphatic carbocycles. The predicted octanol–water partition coefficient (Wildman–Crippen LogP) is 7.50. The number of nitrogens with zero attached hydrogens (tertiary/aromatic N) is 6. The molecule has 0 saturated heterocycles. The molecule has 0 amide bonds. The standard InChI is InChI=1S/2C20H17N3O2/c1-13-9-18(14-5-4-8-22-12-14)23-20(17(13)11-21)16-7-6-15(24-2)10-19(16)25-3;1-13-8-19(14-4-3-7-22-11-14)23-20(18(13)10-21)17-6-5-16(25-2)9-15(17)12-24/h4-10,12H,1-3H3;3-9,11,24H,12H2,1-2H3. The van der Waals surface area contributed by atoms with Crippen LogP contribution in [-0.2, 0) is 6.61 Å². The molecule has 0 atom stereocenters. The summed E-state index contributed by atoms with van der Waals surface area (Å²) in [4.78, 5) is 17.7. The van der Waals surface area contributed by atoms with Gasteiger partial charge in [0.05, 0.1) is 61.8 Å². The number of methoxy groups -OCH3 is 3. The number of benzene rings is 2. The van der Waals surface area contributed by atoms with Crippen LogP contribution in [0.5, 0.6) is 17.2 Å². The second-order valence-electron chi connectivity index (χ2n) is 11.1. The van der Waals surface area contributed by atoms with E-state index in [9.17, 15) is 15.6 Å². The van der Waals surface area contributed by atoms with Crippen molar-refractivity contribution in [1.29, 1.82) is 10.5 Å². The lowest BCUT2D eigenvalue weighted by Crippen LogP contribution is -2.00. The van der Waals surface area contributed by atoms with Crippen LogP contribution < -0.4 is 14.2 Å². The first-order valence-corrected chi connectivity index (χ1v) is 15.5. The number of aromatic nitrogens is 4. The molecular weight excluding hydrogens is 628 g/mol. The summed E-state index contributed by atoms with van der Waals surface area (Å²) in [5, 5.41) is 29.0. The zero-order valence-electron chi connectivity index (χ0n) is 28.3. The highest BCUT2D eigenvalue weighted by Gasteiger charge is 2.18. The van der Waals surface area contributed by atoms with E-state index in [1.165, 1.54) is 0 Å². The fraction of sp³-hybridized carbons (Fsp3) is 0.150. The lowest BCUT2D eigenvalue weighted by Gasteiger charge is -2.14. The minimum absolute atomic E-state index is 0.171. The first kappa shape index (κ1) is 34.7. The highest BCUT2D eigenvalue weighted by atomic mass is 16.5. The van der Waals surface area contributed by atoms with E-state index >= 15 is 0 Å². The lowest BCUT2D eigenvalue weighted by atomic mass is 9.96. The van der Waals surface area contributed by atoms with Crippen molar-refractivity contribution in [2.45, 2.75) is 20.5 Å². The van der Waals surface area contributed by atoms with Crippen molar-refractivity contribution in [3.8, 4) is 74.4 Å². The summed E-state index contributed by atoms with van der Waals surface area (Å²) in [5.41, 5.74) is 9.21. The molecule has 0 unspecified atom stereocenters. The number of pyridine rings is 4. The number of ether oxygens (including phenoxy) is 3. The summed E-state index contributed by atoms with van der Waals surface area (Å²) in [6, 6.07) is 26.7. The van der Waals surface area contributed by atoms with Gasteiger partial charge in [-0.1, -0.05) is 0 Å². The summed E-state index contributed by atoms with van der Waals surface area (Å²) in [6.07, 6.45) is 6.91. The van der Waals surface area contributed by atoms with Crippen molar-refractivity contribution < 1.29 is 19.3 Å². The van der Waals surface area contributed by atoms with Crippen molar-refractivity contribution in [2.24, 2.45) is 0 Å². The molecule has 10 heteroatoms. The van der Waals surface area contributed by atoms with Gasteiger partial charge < -0.3 is 19.3 Å². The summed E-state index contributed by atoms with van der Waals surface area (Å²) in [5.74, 6) is 1.93. The molecule has 0 aliphatic heterocycles. The number of aliphatic hydroxyl groups excluding tert-OH is 1. The molecule has 0 bridgehead atoms. The van der Waals surface area contributed by atoms with Gasteiger partial charge in [0.1, 0.15) is 29.4 Å². The molecule has 4 aromatic heterocycles. The van der Waals surface area contributed by atoms with Gasteiger partial charge in [-0.15, -0.1) is 0 Å². The topological polar surface area (TPSA) is 147 Å². The molecule has 6 rings (SSSR count). The quantitative estimate of drug-likeness (QED) is 0.174. The van der Waals surface area contributed by atoms with Gasteiger partial charge in [-0.25, -0.2) is 9.97 Å². The molecular formula is C40H34N6O4. The maximum absolute atomic E-state index is 9.74. The number of hydrogen-bond donors (Lipinski definition) is 1. The zero-order valence-corrected chi connectivity index (χ0v) is 28.3. The Balaban J connectivity index is 0.000000194. The van der Waals surface area contributed by atoms with Crippen LogP contribution in [0.25, 0.3) is 45.0 Å². The molecule has 0 spiro atoms. The second-order valence-corrected chi connectivity index (χ2v) is 11.1. The number of rotatable bonds is 8. The number of aryl methyl sites for hydroxylation is 2. The SMILES string of the molecule is COc1ccc(-c2nc(-c3cccnc3)cc(C)c2C#N)c(CO)c1.COc1ccc(-c2nc(-c3cccnc3)cc(C)c2C#N)c(OC)c1. The largest absolute Gasteiger partial charge is 0.497 e. The van der Waals surface area contributed by atoms with Crippen LogP contribution in [0, 0.1) is 36.5 Å². The van der Waals surface area contributed by atoms with Crippen LogP contribution in [0.15, 0.2) is 97.6 Å². The van der Waals surface area contributed by atoms with Gasteiger partial charge in [0, 0.05) is 53.1 Å². The van der Waals surface area contributed by atoms with Gasteiger partial charge in [-0.3, -0.25) is 9.97 Å². The normalized spacial score (nSPS) is 10.2. The Morgan fingerprint density at radius 2 is 1.14 bits per heavy atom. The van der Waals surface area contributed by atoms with E-state index in [4.69, 9.17) is 24.2 Å². The van der Waals surface area contributed by atoms with Crippen LogP contribution in [0.1, 0.15) is 27.8 Å². The Morgan fingerprint density at radius 3 is 1.58 bits per heavy atom. The van der Waals surface area contributed by atoms with Crippen molar-refractivity contribution in [1.82, 2.24) is 19.9 Å². The molecule has 0 saturated carbocycles. The lowest BCUT2D eigenvalue weighted by molar-refractivity contribution is 0.281. The van der Waals surface area contributed by atoms with E-state index in [1.807, 2.05) is 68.4 Å². The van der Waals surface area contributed by atoms with Crippen LogP contribution >= 0.6 is 0 Å². The van der Waals surface area contributed by atoms with Crippen molar-refractivity contribution in [3.63, 3.8) is 0 Å². The van der Waals surface area contributed by atoms with Crippen LogP contribution in [0.2, 0.25) is 0 Å². The third-order valence-electron chi connectivity index (χ3n) is 7.97. The Hall–Kier alpha value is -6.62. The average Bonchev–Trinajstić information content (AvgIpc) is 3.17. The Morgan fingerprint density at radius 1 is 0.640 bits per heavy atom. The number of nitriles is 2. The van der Waals surface area contributed by atoms with E-state index in [1.54, 1.807) is 64.3 Å². The number of hydrogen-bond acceptors (Lipinski definition) is 10. The fourth-order valence-electron chi connectivity index (χ4n) is 5.39. The van der Waals surface area contributed by atoms with Crippen LogP contribution in [0.3, 0.4) is 0 Å². The van der Waals surface area contributed by atoms with Gasteiger partial charge in [-0.2, -0.15) is 10.5 Å². The molecule has 0 radical (unpaired) electrons. The molecule has 50 heavy (non-hydrogen) atoms. The van der Waals surface area contributed by atoms with Crippen molar-refractivity contribution in [2.75, 3.05) is 21.3 Å². The Labute approximate surface area is 290 Å². The summed E-state index contributed by atoms with van der Waals surface area (Å²) in [6.45, 7) is 3.61. The highest BCUT2D eigenvalue weighted by molar-refractivity contribution is 5.78. The first-order valence-electron chi connectivity index (χ1n) is 15.5. The van der Waals surface area contributed by atoms with E-state index < -0.39 is 0 Å². The van der Waals surface area contributed by atoms with Gasteiger partial charge in [-0.05, 0) is 97.3 Å². The highest BCUT2D eigenvalue weighted by Crippen LogP contribution is 2.37. The second kappa shape index (κ2) is 16.0. The van der Waals surface area contributed by atoms with E-state index in [2.05, 4.69) is 22.1 Å². The van der Waals surface area contributed by atoms with Gasteiger partial charge in [0.2, 0.25) is 0 Å².